The van der Waals surface area contributed by atoms with Crippen LogP contribution in [0.25, 0.3) is 11.4 Å². The van der Waals surface area contributed by atoms with Crippen LogP contribution in [0, 0.1) is 6.92 Å². The molecule has 0 radical (unpaired) electrons. The van der Waals surface area contributed by atoms with E-state index in [2.05, 4.69) is 36.2 Å². The third-order valence-corrected chi connectivity index (χ3v) is 5.42. The van der Waals surface area contributed by atoms with Crippen molar-refractivity contribution in [3.63, 3.8) is 0 Å². The molecule has 1 aliphatic rings. The summed E-state index contributed by atoms with van der Waals surface area (Å²) in [5, 5.41) is 9.28. The summed E-state index contributed by atoms with van der Waals surface area (Å²) in [6.45, 7) is 6.12. The molecular weight excluding hydrogens is 336 g/mol. The number of morpholine rings is 1. The number of hydrogen-bond donors (Lipinski definition) is 0. The van der Waals surface area contributed by atoms with Gasteiger partial charge in [0.2, 0.25) is 5.91 Å². The maximum atomic E-state index is 12.5. The Hall–Kier alpha value is -1.86. The highest BCUT2D eigenvalue weighted by Gasteiger charge is 2.23. The molecule has 0 spiro atoms. The number of aryl methyl sites for hydroxylation is 1. The van der Waals surface area contributed by atoms with Crippen molar-refractivity contribution in [1.82, 2.24) is 19.7 Å². The second-order valence-corrected chi connectivity index (χ2v) is 7.20. The minimum atomic E-state index is 0.131. The van der Waals surface area contributed by atoms with E-state index in [4.69, 9.17) is 4.74 Å². The van der Waals surface area contributed by atoms with Crippen molar-refractivity contribution in [2.75, 3.05) is 25.4 Å². The Labute approximate surface area is 152 Å². The summed E-state index contributed by atoms with van der Waals surface area (Å²) in [5.74, 6) is 1.31. The molecule has 1 amide bonds. The topological polar surface area (TPSA) is 60.2 Å². The number of benzene rings is 1. The first-order valence-corrected chi connectivity index (χ1v) is 9.55. The fourth-order valence-electron chi connectivity index (χ4n) is 2.81. The van der Waals surface area contributed by atoms with Crippen LogP contribution < -0.4 is 0 Å². The summed E-state index contributed by atoms with van der Waals surface area (Å²) in [6, 6.07) is 8.20. The van der Waals surface area contributed by atoms with Crippen LogP contribution in [-0.2, 0) is 16.6 Å². The van der Waals surface area contributed by atoms with Gasteiger partial charge >= 0.3 is 0 Å². The number of amides is 1. The molecule has 1 saturated heterocycles. The summed E-state index contributed by atoms with van der Waals surface area (Å²) >= 11 is 1.43. The number of hydrogen-bond acceptors (Lipinski definition) is 5. The van der Waals surface area contributed by atoms with E-state index < -0.39 is 0 Å². The second kappa shape index (κ2) is 8.01. The Bertz CT molecular complexity index is 729. The molecule has 2 heterocycles. The van der Waals surface area contributed by atoms with Gasteiger partial charge in [0, 0.05) is 25.7 Å². The molecular formula is C18H24N4O2S. The van der Waals surface area contributed by atoms with E-state index in [1.54, 1.807) is 0 Å². The second-order valence-electron chi connectivity index (χ2n) is 6.26. The molecule has 134 valence electrons. The average molecular weight is 360 g/mol. The molecule has 1 aliphatic heterocycles. The van der Waals surface area contributed by atoms with E-state index in [-0.39, 0.29) is 12.0 Å². The van der Waals surface area contributed by atoms with Crippen LogP contribution in [0.2, 0.25) is 0 Å². The Balaban J connectivity index is 1.62. The Morgan fingerprint density at radius 3 is 2.80 bits per heavy atom. The standard InChI is InChI=1S/C18H24N4O2S/c1-4-15-11-22(9-10-24-15)16(23)12-25-18-20-19-17(21(18)3)14-7-5-13(2)6-8-14/h5-8,15H,4,9-12H2,1-3H3. The summed E-state index contributed by atoms with van der Waals surface area (Å²) in [6.07, 6.45) is 1.09. The minimum Gasteiger partial charge on any atom is -0.375 e. The molecule has 0 bridgehead atoms. The molecule has 1 fully saturated rings. The van der Waals surface area contributed by atoms with Crippen LogP contribution in [0.15, 0.2) is 29.4 Å². The average Bonchev–Trinajstić information content (AvgIpc) is 3.01. The van der Waals surface area contributed by atoms with Crippen molar-refractivity contribution >= 4 is 17.7 Å². The van der Waals surface area contributed by atoms with Crippen molar-refractivity contribution in [1.29, 1.82) is 0 Å². The highest BCUT2D eigenvalue weighted by atomic mass is 32.2. The van der Waals surface area contributed by atoms with Crippen LogP contribution in [0.4, 0.5) is 0 Å². The first-order chi connectivity index (χ1) is 12.1. The lowest BCUT2D eigenvalue weighted by Gasteiger charge is -2.32. The van der Waals surface area contributed by atoms with Crippen LogP contribution in [0.5, 0.6) is 0 Å². The molecule has 1 atom stereocenters. The van der Waals surface area contributed by atoms with Gasteiger partial charge in [0.15, 0.2) is 11.0 Å². The number of thioether (sulfide) groups is 1. The van der Waals surface area contributed by atoms with E-state index in [0.29, 0.717) is 25.4 Å². The number of nitrogens with zero attached hydrogens (tertiary/aromatic N) is 4. The molecule has 2 aromatic rings. The van der Waals surface area contributed by atoms with Gasteiger partial charge in [-0.3, -0.25) is 4.79 Å². The third kappa shape index (κ3) is 4.22. The molecule has 1 aromatic carbocycles. The molecule has 1 aromatic heterocycles. The van der Waals surface area contributed by atoms with Crippen molar-refractivity contribution in [3.05, 3.63) is 29.8 Å². The van der Waals surface area contributed by atoms with Gasteiger partial charge in [-0.25, -0.2) is 0 Å². The number of ether oxygens (including phenoxy) is 1. The van der Waals surface area contributed by atoms with Crippen molar-refractivity contribution < 1.29 is 9.53 Å². The lowest BCUT2D eigenvalue weighted by molar-refractivity contribution is -0.135. The zero-order valence-corrected chi connectivity index (χ0v) is 15.8. The molecule has 6 nitrogen and oxygen atoms in total. The Kier molecular flexibility index (Phi) is 5.75. The van der Waals surface area contributed by atoms with Crippen molar-refractivity contribution in [2.24, 2.45) is 7.05 Å². The predicted molar refractivity (Wildman–Crippen MR) is 98.5 cm³/mol. The summed E-state index contributed by atoms with van der Waals surface area (Å²) < 4.78 is 7.56. The Morgan fingerprint density at radius 2 is 2.08 bits per heavy atom. The molecule has 7 heteroatoms. The molecule has 1 unspecified atom stereocenters. The first-order valence-electron chi connectivity index (χ1n) is 8.57. The van der Waals surface area contributed by atoms with Gasteiger partial charge in [-0.2, -0.15) is 0 Å². The van der Waals surface area contributed by atoms with Gasteiger partial charge < -0.3 is 14.2 Å². The van der Waals surface area contributed by atoms with Crippen molar-refractivity contribution in [2.45, 2.75) is 31.5 Å². The van der Waals surface area contributed by atoms with Gasteiger partial charge in [0.1, 0.15) is 0 Å². The van der Waals surface area contributed by atoms with E-state index >= 15 is 0 Å². The van der Waals surface area contributed by atoms with E-state index in [9.17, 15) is 4.79 Å². The third-order valence-electron chi connectivity index (χ3n) is 4.42. The fourth-order valence-corrected chi connectivity index (χ4v) is 3.62. The van der Waals surface area contributed by atoms with E-state index in [0.717, 1.165) is 23.0 Å². The largest absolute Gasteiger partial charge is 0.375 e. The van der Waals surface area contributed by atoms with Gasteiger partial charge in [-0.05, 0) is 13.3 Å². The lowest BCUT2D eigenvalue weighted by Crippen LogP contribution is -2.46. The number of aromatic nitrogens is 3. The van der Waals surface area contributed by atoms with Gasteiger partial charge in [-0.1, -0.05) is 48.5 Å². The molecule has 0 N–H and O–H groups in total. The number of rotatable bonds is 5. The summed E-state index contributed by atoms with van der Waals surface area (Å²) in [7, 11) is 1.93. The fraction of sp³-hybridized carbons (Fsp3) is 0.500. The summed E-state index contributed by atoms with van der Waals surface area (Å²) in [4.78, 5) is 14.3. The maximum absolute atomic E-state index is 12.5. The predicted octanol–water partition coefficient (Wildman–Crippen LogP) is 2.52. The van der Waals surface area contributed by atoms with Gasteiger partial charge in [-0.15, -0.1) is 10.2 Å². The molecule has 3 rings (SSSR count). The first kappa shape index (κ1) is 17.9. The van der Waals surface area contributed by atoms with Crippen molar-refractivity contribution in [3.8, 4) is 11.4 Å². The van der Waals surface area contributed by atoms with Crippen LogP contribution in [-0.4, -0.2) is 57.1 Å². The normalized spacial score (nSPS) is 17.7. The lowest BCUT2D eigenvalue weighted by atomic mass is 10.1. The van der Waals surface area contributed by atoms with Gasteiger partial charge in [0.25, 0.3) is 0 Å². The highest BCUT2D eigenvalue weighted by molar-refractivity contribution is 7.99. The minimum absolute atomic E-state index is 0.131. The molecule has 25 heavy (non-hydrogen) atoms. The molecule has 0 aliphatic carbocycles. The van der Waals surface area contributed by atoms with Crippen LogP contribution in [0.3, 0.4) is 0 Å². The monoisotopic (exact) mass is 360 g/mol. The van der Waals surface area contributed by atoms with E-state index in [1.165, 1.54) is 17.3 Å². The smallest absolute Gasteiger partial charge is 0.233 e. The Morgan fingerprint density at radius 1 is 1.32 bits per heavy atom. The zero-order valence-electron chi connectivity index (χ0n) is 14.9. The maximum Gasteiger partial charge on any atom is 0.233 e. The quantitative estimate of drug-likeness (QED) is 0.767. The molecule has 0 saturated carbocycles. The number of carbonyl (C=O) groups excluding carboxylic acids is 1. The summed E-state index contributed by atoms with van der Waals surface area (Å²) in [5.41, 5.74) is 2.24. The van der Waals surface area contributed by atoms with Crippen LogP contribution >= 0.6 is 11.8 Å². The SMILES string of the molecule is CCC1CN(C(=O)CSc2nnc(-c3ccc(C)cc3)n2C)CCO1. The number of carbonyl (C=O) groups is 1. The van der Waals surface area contributed by atoms with E-state index in [1.807, 2.05) is 28.6 Å². The highest BCUT2D eigenvalue weighted by Crippen LogP contribution is 2.23. The van der Waals surface area contributed by atoms with Crippen LogP contribution in [0.1, 0.15) is 18.9 Å². The van der Waals surface area contributed by atoms with Gasteiger partial charge in [0.05, 0.1) is 18.5 Å². The zero-order chi connectivity index (χ0) is 17.8.